The van der Waals surface area contributed by atoms with Gasteiger partial charge in [-0.05, 0) is 37.1 Å². The number of methoxy groups -OCH3 is 1. The van der Waals surface area contributed by atoms with Crippen LogP contribution in [0, 0.1) is 6.92 Å². The van der Waals surface area contributed by atoms with Crippen LogP contribution in [0.25, 0.3) is 0 Å². The summed E-state index contributed by atoms with van der Waals surface area (Å²) in [6.07, 6.45) is 1.84. The zero-order valence-corrected chi connectivity index (χ0v) is 16.3. The number of azo groups is 1. The van der Waals surface area contributed by atoms with E-state index in [0.29, 0.717) is 23.7 Å². The smallest absolute Gasteiger partial charge is 0.296 e. The van der Waals surface area contributed by atoms with Crippen molar-refractivity contribution in [2.45, 2.75) is 31.6 Å². The van der Waals surface area contributed by atoms with Crippen molar-refractivity contribution >= 4 is 27.2 Å². The number of hydrogen-bond donors (Lipinski definition) is 2. The third-order valence-electron chi connectivity index (χ3n) is 3.81. The van der Waals surface area contributed by atoms with E-state index in [1.54, 1.807) is 12.1 Å². The highest BCUT2D eigenvalue weighted by Crippen LogP contribution is 2.35. The van der Waals surface area contributed by atoms with Crippen molar-refractivity contribution in [3.8, 4) is 11.5 Å². The van der Waals surface area contributed by atoms with E-state index >= 15 is 0 Å². The number of nitrogens with two attached hydrogens (primary N) is 1. The quantitative estimate of drug-likeness (QED) is 0.296. The normalized spacial score (nSPS) is 11.7. The number of aryl methyl sites for hydroxylation is 1. The van der Waals surface area contributed by atoms with E-state index in [4.69, 9.17) is 15.2 Å². The van der Waals surface area contributed by atoms with Gasteiger partial charge in [0.2, 0.25) is 0 Å². The molecule has 0 atom stereocenters. The standard InChI is InChI=1S/C18H23N3O5S/c1-4-5-8-26-17-11-14(19)12(2)9-16(17)21-20-15-7-6-13(25-3)10-18(15)27(22,23)24/h6-7,9-11H,4-5,8,19H2,1-3H3,(H,22,23,24). The van der Waals surface area contributed by atoms with E-state index in [1.807, 2.05) is 13.8 Å². The summed E-state index contributed by atoms with van der Waals surface area (Å²) in [6.45, 7) is 4.37. The van der Waals surface area contributed by atoms with Crippen LogP contribution < -0.4 is 15.2 Å². The third kappa shape index (κ3) is 5.41. The molecule has 2 aromatic rings. The van der Waals surface area contributed by atoms with Crippen LogP contribution in [-0.2, 0) is 10.1 Å². The number of benzene rings is 2. The van der Waals surface area contributed by atoms with Crippen LogP contribution in [0.4, 0.5) is 17.1 Å². The van der Waals surface area contributed by atoms with Crippen molar-refractivity contribution < 1.29 is 22.4 Å². The largest absolute Gasteiger partial charge is 0.497 e. The van der Waals surface area contributed by atoms with Gasteiger partial charge in [0.15, 0.2) is 0 Å². The number of nitrogens with zero attached hydrogens (tertiary/aromatic N) is 2. The van der Waals surface area contributed by atoms with Crippen molar-refractivity contribution in [1.82, 2.24) is 0 Å². The maximum absolute atomic E-state index is 11.6. The molecule has 0 bridgehead atoms. The minimum atomic E-state index is -4.50. The average molecular weight is 393 g/mol. The van der Waals surface area contributed by atoms with Gasteiger partial charge in [0, 0.05) is 17.8 Å². The van der Waals surface area contributed by atoms with Crippen molar-refractivity contribution in [3.63, 3.8) is 0 Å². The maximum atomic E-state index is 11.6. The molecule has 2 aromatic carbocycles. The Hall–Kier alpha value is -2.65. The third-order valence-corrected chi connectivity index (χ3v) is 4.70. The lowest BCUT2D eigenvalue weighted by atomic mass is 10.1. The maximum Gasteiger partial charge on any atom is 0.296 e. The predicted molar refractivity (Wildman–Crippen MR) is 103 cm³/mol. The fourth-order valence-electron chi connectivity index (χ4n) is 2.23. The second-order valence-electron chi connectivity index (χ2n) is 5.89. The minimum Gasteiger partial charge on any atom is -0.497 e. The molecule has 0 heterocycles. The number of anilines is 1. The molecule has 0 aliphatic carbocycles. The Labute approximate surface area is 158 Å². The molecule has 0 spiro atoms. The molecule has 27 heavy (non-hydrogen) atoms. The van der Waals surface area contributed by atoms with E-state index in [2.05, 4.69) is 10.2 Å². The summed E-state index contributed by atoms with van der Waals surface area (Å²) in [5.41, 5.74) is 7.67. The zero-order chi connectivity index (χ0) is 20.0. The molecule has 0 amide bonds. The summed E-state index contributed by atoms with van der Waals surface area (Å²) < 4.78 is 43.4. The lowest BCUT2D eigenvalue weighted by molar-refractivity contribution is 0.310. The van der Waals surface area contributed by atoms with Gasteiger partial charge in [0.1, 0.15) is 27.8 Å². The SMILES string of the molecule is CCCCOc1cc(N)c(C)cc1N=Nc1ccc(OC)cc1S(=O)(=O)O. The van der Waals surface area contributed by atoms with Crippen LogP contribution in [-0.4, -0.2) is 26.7 Å². The van der Waals surface area contributed by atoms with Gasteiger partial charge in [0.25, 0.3) is 10.1 Å². The lowest BCUT2D eigenvalue weighted by Crippen LogP contribution is -1.99. The number of ether oxygens (including phenoxy) is 2. The van der Waals surface area contributed by atoms with Crippen LogP contribution in [0.15, 0.2) is 45.5 Å². The molecule has 0 aliphatic heterocycles. The molecule has 0 saturated carbocycles. The number of hydrogen-bond acceptors (Lipinski definition) is 7. The first-order chi connectivity index (χ1) is 12.8. The van der Waals surface area contributed by atoms with Crippen molar-refractivity contribution in [1.29, 1.82) is 0 Å². The Bertz CT molecular complexity index is 942. The second kappa shape index (κ2) is 8.83. The molecule has 0 fully saturated rings. The zero-order valence-electron chi connectivity index (χ0n) is 15.5. The van der Waals surface area contributed by atoms with Crippen molar-refractivity contribution in [2.24, 2.45) is 10.2 Å². The highest BCUT2D eigenvalue weighted by Gasteiger charge is 2.17. The van der Waals surface area contributed by atoms with E-state index in [0.717, 1.165) is 18.4 Å². The Kier molecular flexibility index (Phi) is 6.75. The summed E-state index contributed by atoms with van der Waals surface area (Å²) in [6, 6.07) is 7.47. The molecule has 0 aliphatic rings. The molecule has 146 valence electrons. The predicted octanol–water partition coefficient (Wildman–Crippen LogP) is 4.43. The topological polar surface area (TPSA) is 124 Å². The Morgan fingerprint density at radius 2 is 1.85 bits per heavy atom. The monoisotopic (exact) mass is 393 g/mol. The Morgan fingerprint density at radius 1 is 1.15 bits per heavy atom. The molecule has 0 unspecified atom stereocenters. The van der Waals surface area contributed by atoms with E-state index in [9.17, 15) is 13.0 Å². The van der Waals surface area contributed by atoms with Gasteiger partial charge in [-0.1, -0.05) is 13.3 Å². The summed E-state index contributed by atoms with van der Waals surface area (Å²) in [5, 5.41) is 8.10. The number of rotatable bonds is 8. The van der Waals surface area contributed by atoms with Gasteiger partial charge in [-0.2, -0.15) is 8.42 Å². The van der Waals surface area contributed by atoms with Gasteiger partial charge in [0.05, 0.1) is 13.7 Å². The van der Waals surface area contributed by atoms with Crippen molar-refractivity contribution in [2.75, 3.05) is 19.5 Å². The summed E-state index contributed by atoms with van der Waals surface area (Å²) in [7, 11) is -3.11. The van der Waals surface area contributed by atoms with Gasteiger partial charge >= 0.3 is 0 Å². The molecule has 3 N–H and O–H groups in total. The first-order valence-corrected chi connectivity index (χ1v) is 9.80. The molecule has 8 nitrogen and oxygen atoms in total. The Balaban J connectivity index is 2.44. The molecule has 9 heteroatoms. The van der Waals surface area contributed by atoms with Crippen molar-refractivity contribution in [3.05, 3.63) is 35.9 Å². The van der Waals surface area contributed by atoms with Gasteiger partial charge in [-0.3, -0.25) is 4.55 Å². The number of unbranched alkanes of at least 4 members (excludes halogenated alkanes) is 1. The van der Waals surface area contributed by atoms with Gasteiger partial charge < -0.3 is 15.2 Å². The summed E-state index contributed by atoms with van der Waals surface area (Å²) in [5.74, 6) is 0.728. The van der Waals surface area contributed by atoms with Crippen LogP contribution in [0.2, 0.25) is 0 Å². The first kappa shape index (κ1) is 20.7. The molecule has 0 aromatic heterocycles. The fourth-order valence-corrected chi connectivity index (χ4v) is 2.87. The summed E-state index contributed by atoms with van der Waals surface area (Å²) in [4.78, 5) is -0.397. The van der Waals surface area contributed by atoms with Gasteiger partial charge in [-0.15, -0.1) is 10.2 Å². The summed E-state index contributed by atoms with van der Waals surface area (Å²) >= 11 is 0. The van der Waals surface area contributed by atoms with E-state index in [-0.39, 0.29) is 11.4 Å². The number of nitrogen functional groups attached to an aromatic ring is 1. The van der Waals surface area contributed by atoms with E-state index in [1.165, 1.54) is 25.3 Å². The van der Waals surface area contributed by atoms with Crippen LogP contribution in [0.5, 0.6) is 11.5 Å². The molecule has 2 rings (SSSR count). The molecule has 0 radical (unpaired) electrons. The Morgan fingerprint density at radius 3 is 2.48 bits per heavy atom. The molecular formula is C18H23N3O5S. The van der Waals surface area contributed by atoms with Gasteiger partial charge in [-0.25, -0.2) is 0 Å². The lowest BCUT2D eigenvalue weighted by Gasteiger charge is -2.11. The van der Waals surface area contributed by atoms with Crippen LogP contribution >= 0.6 is 0 Å². The van der Waals surface area contributed by atoms with E-state index < -0.39 is 15.0 Å². The minimum absolute atomic E-state index is 0.0210. The highest BCUT2D eigenvalue weighted by atomic mass is 32.2. The highest BCUT2D eigenvalue weighted by molar-refractivity contribution is 7.86. The average Bonchev–Trinajstić information content (AvgIpc) is 2.62. The molecular weight excluding hydrogens is 370 g/mol. The first-order valence-electron chi connectivity index (χ1n) is 8.36. The van der Waals surface area contributed by atoms with Crippen LogP contribution in [0.3, 0.4) is 0 Å². The van der Waals surface area contributed by atoms with Crippen LogP contribution in [0.1, 0.15) is 25.3 Å². The second-order valence-corrected chi connectivity index (χ2v) is 7.28. The fraction of sp³-hybridized carbons (Fsp3) is 0.333. The molecule has 0 saturated heterocycles.